The van der Waals surface area contributed by atoms with E-state index >= 15 is 0 Å². The van der Waals surface area contributed by atoms with E-state index in [-0.39, 0.29) is 5.66 Å². The van der Waals surface area contributed by atoms with Crippen molar-refractivity contribution in [2.75, 3.05) is 5.32 Å². The lowest BCUT2D eigenvalue weighted by Crippen LogP contribution is -2.46. The summed E-state index contributed by atoms with van der Waals surface area (Å²) in [4.78, 5) is 10.5. The molecule has 1 saturated carbocycles. The van der Waals surface area contributed by atoms with E-state index in [1.807, 2.05) is 33.8 Å². The number of hydrogen-bond donors (Lipinski definition) is 2. The van der Waals surface area contributed by atoms with Crippen LogP contribution in [-0.2, 0) is 0 Å². The lowest BCUT2D eigenvalue weighted by atomic mass is 9.99. The highest BCUT2D eigenvalue weighted by molar-refractivity contribution is 5.59. The zero-order chi connectivity index (χ0) is 20.2. The summed E-state index contributed by atoms with van der Waals surface area (Å²) < 4.78 is 0. The van der Waals surface area contributed by atoms with Crippen LogP contribution in [0.5, 0.6) is 0 Å². The molecule has 0 bridgehead atoms. The first kappa shape index (κ1) is 20.7. The van der Waals surface area contributed by atoms with E-state index in [9.17, 15) is 0 Å². The molecule has 4 rings (SSSR count). The molecule has 5 heteroatoms. The third-order valence-electron chi connectivity index (χ3n) is 4.54. The predicted molar refractivity (Wildman–Crippen MR) is 114 cm³/mol. The summed E-state index contributed by atoms with van der Waals surface area (Å²) in [5, 5.41) is 6.87. The van der Waals surface area contributed by atoms with Gasteiger partial charge in [-0.1, -0.05) is 40.9 Å². The van der Waals surface area contributed by atoms with Crippen molar-refractivity contribution in [1.82, 2.24) is 20.2 Å². The first-order chi connectivity index (χ1) is 13.0. The summed E-state index contributed by atoms with van der Waals surface area (Å²) >= 11 is 0. The van der Waals surface area contributed by atoms with Crippen molar-refractivity contribution in [1.29, 1.82) is 0 Å². The Morgan fingerprint density at radius 3 is 2.41 bits per heavy atom. The molecule has 2 N–H and O–H groups in total. The molecule has 3 aliphatic rings. The van der Waals surface area contributed by atoms with Crippen LogP contribution in [0.1, 0.15) is 54.4 Å². The molecule has 0 amide bonds. The molecule has 0 atom stereocenters. The van der Waals surface area contributed by atoms with Gasteiger partial charge < -0.3 is 15.5 Å². The molecule has 2 fully saturated rings. The monoisotopic (exact) mass is 367 g/mol. The normalized spacial score (nSPS) is 19.8. The van der Waals surface area contributed by atoms with Gasteiger partial charge in [-0.15, -0.1) is 0 Å². The number of fused-ring (bicyclic) bond motifs is 1. The Morgan fingerprint density at radius 1 is 1.19 bits per heavy atom. The molecule has 146 valence electrons. The first-order valence-electron chi connectivity index (χ1n) is 9.93. The number of nitrogens with one attached hydrogen (secondary N) is 2. The van der Waals surface area contributed by atoms with Gasteiger partial charge in [0.05, 0.1) is 22.8 Å². The van der Waals surface area contributed by atoms with Crippen molar-refractivity contribution in [3.8, 4) is 0 Å². The topological polar surface area (TPSA) is 53.1 Å². The van der Waals surface area contributed by atoms with Gasteiger partial charge in [0, 0.05) is 6.20 Å². The van der Waals surface area contributed by atoms with Crippen molar-refractivity contribution >= 4 is 5.82 Å². The Morgan fingerprint density at radius 2 is 1.85 bits per heavy atom. The second-order valence-electron chi connectivity index (χ2n) is 6.80. The smallest absolute Gasteiger partial charge is 0.133 e. The van der Waals surface area contributed by atoms with E-state index in [1.165, 1.54) is 24.1 Å². The Kier molecular flexibility index (Phi) is 6.47. The van der Waals surface area contributed by atoms with Gasteiger partial charge in [0.2, 0.25) is 0 Å². The van der Waals surface area contributed by atoms with Crippen LogP contribution in [0.4, 0.5) is 5.82 Å². The fourth-order valence-corrected chi connectivity index (χ4v) is 3.42. The van der Waals surface area contributed by atoms with Gasteiger partial charge in [-0.25, -0.2) is 9.97 Å². The van der Waals surface area contributed by atoms with Gasteiger partial charge in [0.15, 0.2) is 0 Å². The molecule has 0 spiro atoms. The van der Waals surface area contributed by atoms with Crippen molar-refractivity contribution in [2.24, 2.45) is 5.92 Å². The average molecular weight is 368 g/mol. The molecule has 1 aliphatic carbocycles. The number of rotatable bonds is 3. The van der Waals surface area contributed by atoms with E-state index in [0.717, 1.165) is 22.9 Å². The summed E-state index contributed by atoms with van der Waals surface area (Å²) in [5.41, 5.74) is 5.19. The number of aromatic nitrogens is 2. The highest BCUT2D eigenvalue weighted by atomic mass is 15.4. The summed E-state index contributed by atoms with van der Waals surface area (Å²) in [6.07, 6.45) is 7.96. The first-order valence-corrected chi connectivity index (χ1v) is 9.93. The quantitative estimate of drug-likeness (QED) is 0.772. The van der Waals surface area contributed by atoms with Gasteiger partial charge in [-0.2, -0.15) is 0 Å². The molecule has 1 aromatic heterocycles. The molecular weight excluding hydrogens is 334 g/mol. The van der Waals surface area contributed by atoms with Crippen molar-refractivity contribution in [2.45, 2.75) is 60.0 Å². The SMILES string of the molecule is C=C1NC(C)(C)N2C(=C)C(Nc3ccncn3)=CC(C3CC3)=C12.CC.CC. The van der Waals surface area contributed by atoms with Gasteiger partial charge >= 0.3 is 0 Å². The number of allylic oxidation sites excluding steroid dienone is 2. The standard InChI is InChI=1S/C18H21N5.2C2H6/c1-11-17-14(13-5-6-13)9-15(21-16-7-8-19-10-20-16)12(2)23(17)18(3,4)22-11;2*1-2/h7-10,13,22H,1-2,5-6H2,3-4H3,(H,19,20,21);2*1-2H3. The van der Waals surface area contributed by atoms with Crippen molar-refractivity contribution < 1.29 is 0 Å². The maximum absolute atomic E-state index is 4.32. The third kappa shape index (κ3) is 4.07. The third-order valence-corrected chi connectivity index (χ3v) is 4.54. The molecular formula is C22H33N5. The highest BCUT2D eigenvalue weighted by Gasteiger charge is 2.45. The van der Waals surface area contributed by atoms with Crippen LogP contribution in [-0.4, -0.2) is 20.5 Å². The minimum Gasteiger partial charge on any atom is -0.362 e. The molecule has 27 heavy (non-hydrogen) atoms. The van der Waals surface area contributed by atoms with Crippen LogP contribution in [0.25, 0.3) is 0 Å². The molecule has 0 aromatic carbocycles. The van der Waals surface area contributed by atoms with Crippen LogP contribution < -0.4 is 10.6 Å². The largest absolute Gasteiger partial charge is 0.362 e. The number of anilines is 1. The zero-order valence-corrected chi connectivity index (χ0v) is 17.6. The van der Waals surface area contributed by atoms with Crippen LogP contribution >= 0.6 is 0 Å². The maximum atomic E-state index is 4.32. The van der Waals surface area contributed by atoms with Crippen LogP contribution in [0.3, 0.4) is 0 Å². The summed E-state index contributed by atoms with van der Waals surface area (Å²) in [7, 11) is 0. The maximum Gasteiger partial charge on any atom is 0.133 e. The van der Waals surface area contributed by atoms with E-state index in [0.29, 0.717) is 5.92 Å². The fourth-order valence-electron chi connectivity index (χ4n) is 3.42. The lowest BCUT2D eigenvalue weighted by Gasteiger charge is -2.38. The number of nitrogens with zero attached hydrogens (tertiary/aromatic N) is 3. The van der Waals surface area contributed by atoms with Gasteiger partial charge in [0.25, 0.3) is 0 Å². The van der Waals surface area contributed by atoms with E-state index < -0.39 is 0 Å². The fraction of sp³-hybridized carbons (Fsp3) is 0.455. The Labute approximate surface area is 164 Å². The Balaban J connectivity index is 0.000000614. The van der Waals surface area contributed by atoms with Crippen molar-refractivity contribution in [3.63, 3.8) is 0 Å². The summed E-state index contributed by atoms with van der Waals surface area (Å²) in [5.74, 6) is 1.39. The predicted octanol–water partition coefficient (Wildman–Crippen LogP) is 5.17. The average Bonchev–Trinajstić information content (AvgIpc) is 3.48. The summed E-state index contributed by atoms with van der Waals surface area (Å²) in [6.45, 7) is 20.8. The number of hydrogen-bond acceptors (Lipinski definition) is 5. The second kappa shape index (κ2) is 8.42. The molecule has 1 aromatic rings. The zero-order valence-electron chi connectivity index (χ0n) is 17.6. The van der Waals surface area contributed by atoms with E-state index in [1.54, 1.807) is 12.5 Å². The Bertz CT molecular complexity index is 754. The van der Waals surface area contributed by atoms with Gasteiger partial charge in [-0.05, 0) is 50.3 Å². The lowest BCUT2D eigenvalue weighted by molar-refractivity contribution is 0.232. The molecule has 1 saturated heterocycles. The second-order valence-corrected chi connectivity index (χ2v) is 6.80. The minimum atomic E-state index is -0.240. The summed E-state index contributed by atoms with van der Waals surface area (Å²) in [6, 6.07) is 1.86. The molecule has 5 nitrogen and oxygen atoms in total. The van der Waals surface area contributed by atoms with E-state index in [2.05, 4.69) is 58.6 Å². The Hall–Kier alpha value is -2.56. The molecule has 0 unspecified atom stereocenters. The molecule has 2 aliphatic heterocycles. The van der Waals surface area contributed by atoms with Crippen LogP contribution in [0.15, 0.2) is 66.2 Å². The molecule has 3 heterocycles. The highest BCUT2D eigenvalue weighted by Crippen LogP contribution is 2.48. The van der Waals surface area contributed by atoms with Crippen LogP contribution in [0, 0.1) is 5.92 Å². The van der Waals surface area contributed by atoms with Gasteiger partial charge in [-0.3, -0.25) is 0 Å². The van der Waals surface area contributed by atoms with Gasteiger partial charge in [0.1, 0.15) is 17.8 Å². The molecule has 0 radical (unpaired) electrons. The van der Waals surface area contributed by atoms with E-state index in [4.69, 9.17) is 0 Å². The van der Waals surface area contributed by atoms with Crippen molar-refractivity contribution in [3.05, 3.63) is 66.2 Å². The minimum absolute atomic E-state index is 0.240. The van der Waals surface area contributed by atoms with Crippen LogP contribution in [0.2, 0.25) is 0 Å².